The number of nitrogens with one attached hydrogen (secondary N) is 1. The number of hydrogen-bond donors (Lipinski definition) is 1. The van der Waals surface area contributed by atoms with Gasteiger partial charge in [-0.1, -0.05) is 35.9 Å². The second-order valence-electron chi connectivity index (χ2n) is 5.67. The molecule has 0 unspecified atom stereocenters. The molecule has 0 bridgehead atoms. The van der Waals surface area contributed by atoms with Gasteiger partial charge in [-0.15, -0.1) is 0 Å². The molecule has 2 aromatic carbocycles. The van der Waals surface area contributed by atoms with E-state index in [1.807, 2.05) is 31.2 Å². The maximum absolute atomic E-state index is 13.3. The van der Waals surface area contributed by atoms with Crippen LogP contribution in [0.15, 0.2) is 48.5 Å². The van der Waals surface area contributed by atoms with Crippen LogP contribution in [0.3, 0.4) is 0 Å². The molecule has 126 valence electrons. The van der Waals surface area contributed by atoms with Crippen LogP contribution in [0.5, 0.6) is 0 Å². The average Bonchev–Trinajstić information content (AvgIpc) is 2.51. The van der Waals surface area contributed by atoms with Crippen LogP contribution in [-0.2, 0) is 16.0 Å². The lowest BCUT2D eigenvalue weighted by molar-refractivity contribution is -0.121. The van der Waals surface area contributed by atoms with Crippen molar-refractivity contribution in [3.8, 4) is 0 Å². The summed E-state index contributed by atoms with van der Waals surface area (Å²) < 4.78 is 13.3. The van der Waals surface area contributed by atoms with Gasteiger partial charge in [-0.3, -0.25) is 9.59 Å². The maximum atomic E-state index is 13.3. The molecule has 0 fully saturated rings. The lowest BCUT2D eigenvalue weighted by atomic mass is 10.1. The molecule has 2 rings (SSSR count). The molecular weight excluding hydrogens is 307 g/mol. The molecule has 0 aliphatic carbocycles. The van der Waals surface area contributed by atoms with E-state index in [9.17, 15) is 14.0 Å². The minimum atomic E-state index is -0.401. The molecule has 0 aliphatic heterocycles. The van der Waals surface area contributed by atoms with Gasteiger partial charge >= 0.3 is 0 Å². The Morgan fingerprint density at radius 1 is 1.12 bits per heavy atom. The highest BCUT2D eigenvalue weighted by Crippen LogP contribution is 2.15. The maximum Gasteiger partial charge on any atom is 0.224 e. The zero-order chi connectivity index (χ0) is 17.5. The topological polar surface area (TPSA) is 49.4 Å². The third kappa shape index (κ3) is 5.19. The molecule has 0 radical (unpaired) electrons. The number of amides is 2. The van der Waals surface area contributed by atoms with Gasteiger partial charge in [-0.05, 0) is 30.7 Å². The number of carbonyl (C=O) groups is 2. The van der Waals surface area contributed by atoms with Gasteiger partial charge in [0.2, 0.25) is 11.8 Å². The molecule has 0 atom stereocenters. The number of rotatable bonds is 6. The zero-order valence-electron chi connectivity index (χ0n) is 13.9. The summed E-state index contributed by atoms with van der Waals surface area (Å²) in [5.41, 5.74) is 2.53. The quantitative estimate of drug-likeness (QED) is 0.886. The van der Waals surface area contributed by atoms with Crippen LogP contribution in [-0.4, -0.2) is 24.9 Å². The Bertz CT molecular complexity index is 731. The fraction of sp³-hybridized carbons (Fsp3) is 0.263. The lowest BCUT2D eigenvalue weighted by Crippen LogP contribution is -2.38. The molecule has 4 nitrogen and oxygen atoms in total. The van der Waals surface area contributed by atoms with E-state index >= 15 is 0 Å². The van der Waals surface area contributed by atoms with E-state index in [1.54, 1.807) is 12.1 Å². The number of halogens is 1. The highest BCUT2D eigenvalue weighted by Gasteiger charge is 2.12. The monoisotopic (exact) mass is 328 g/mol. The van der Waals surface area contributed by atoms with E-state index in [2.05, 4.69) is 5.32 Å². The van der Waals surface area contributed by atoms with Crippen LogP contribution < -0.4 is 10.2 Å². The SMILES string of the molecule is CC(=O)N(CCNC(=O)Cc1cccc(C)c1)c1cccc(F)c1. The van der Waals surface area contributed by atoms with Crippen LogP contribution >= 0.6 is 0 Å². The van der Waals surface area contributed by atoms with E-state index in [-0.39, 0.29) is 11.8 Å². The van der Waals surface area contributed by atoms with Crippen LogP contribution in [0.4, 0.5) is 10.1 Å². The Balaban J connectivity index is 1.89. The van der Waals surface area contributed by atoms with Crippen LogP contribution in [0, 0.1) is 12.7 Å². The predicted molar refractivity (Wildman–Crippen MR) is 92.3 cm³/mol. The molecule has 2 amide bonds. The predicted octanol–water partition coefficient (Wildman–Crippen LogP) is 2.85. The van der Waals surface area contributed by atoms with Crippen LogP contribution in [0.1, 0.15) is 18.1 Å². The fourth-order valence-corrected chi connectivity index (χ4v) is 2.49. The molecule has 0 aliphatic rings. The average molecular weight is 328 g/mol. The molecule has 24 heavy (non-hydrogen) atoms. The normalized spacial score (nSPS) is 10.3. The van der Waals surface area contributed by atoms with E-state index in [1.165, 1.54) is 24.0 Å². The largest absolute Gasteiger partial charge is 0.354 e. The smallest absolute Gasteiger partial charge is 0.224 e. The minimum absolute atomic E-state index is 0.108. The molecule has 1 N–H and O–H groups in total. The van der Waals surface area contributed by atoms with Gasteiger partial charge in [-0.2, -0.15) is 0 Å². The fourth-order valence-electron chi connectivity index (χ4n) is 2.49. The summed E-state index contributed by atoms with van der Waals surface area (Å²) in [6, 6.07) is 13.6. The summed E-state index contributed by atoms with van der Waals surface area (Å²) in [6.45, 7) is 3.99. The Hall–Kier alpha value is -2.69. The van der Waals surface area contributed by atoms with Crippen LogP contribution in [0.2, 0.25) is 0 Å². The van der Waals surface area contributed by atoms with Crippen molar-refractivity contribution >= 4 is 17.5 Å². The van der Waals surface area contributed by atoms with Crippen LogP contribution in [0.25, 0.3) is 0 Å². The molecule has 0 aromatic heterocycles. The van der Waals surface area contributed by atoms with Crippen molar-refractivity contribution in [2.75, 3.05) is 18.0 Å². The molecule has 5 heteroatoms. The van der Waals surface area contributed by atoms with Gasteiger partial charge in [0.05, 0.1) is 6.42 Å². The number of aryl methyl sites for hydroxylation is 1. The van der Waals surface area contributed by atoms with E-state index in [4.69, 9.17) is 0 Å². The molecule has 0 spiro atoms. The highest BCUT2D eigenvalue weighted by atomic mass is 19.1. The first kappa shape index (κ1) is 17.7. The lowest BCUT2D eigenvalue weighted by Gasteiger charge is -2.21. The van der Waals surface area contributed by atoms with Crippen molar-refractivity contribution in [2.24, 2.45) is 0 Å². The van der Waals surface area contributed by atoms with Gasteiger partial charge in [0, 0.05) is 25.7 Å². The Labute approximate surface area is 141 Å². The summed E-state index contributed by atoms with van der Waals surface area (Å²) in [4.78, 5) is 25.2. The Morgan fingerprint density at radius 2 is 1.88 bits per heavy atom. The number of carbonyl (C=O) groups excluding carboxylic acids is 2. The molecule has 0 heterocycles. The summed E-state index contributed by atoms with van der Waals surface area (Å²) in [6.07, 6.45) is 0.293. The second kappa shape index (κ2) is 8.24. The Morgan fingerprint density at radius 3 is 2.54 bits per heavy atom. The standard InChI is InChI=1S/C19H21FN2O2/c1-14-5-3-6-16(11-14)12-19(24)21-9-10-22(15(2)23)18-8-4-7-17(20)13-18/h3-8,11,13H,9-10,12H2,1-2H3,(H,21,24). The molecular formula is C19H21FN2O2. The van der Waals surface area contributed by atoms with E-state index in [0.717, 1.165) is 11.1 Å². The third-order valence-corrected chi connectivity index (χ3v) is 3.60. The van der Waals surface area contributed by atoms with Crippen molar-refractivity contribution in [3.63, 3.8) is 0 Å². The Kier molecular flexibility index (Phi) is 6.07. The summed E-state index contributed by atoms with van der Waals surface area (Å²) in [5, 5.41) is 2.79. The highest BCUT2D eigenvalue weighted by molar-refractivity contribution is 5.91. The van der Waals surface area contributed by atoms with Crippen molar-refractivity contribution in [1.82, 2.24) is 5.32 Å². The van der Waals surface area contributed by atoms with E-state index < -0.39 is 5.82 Å². The van der Waals surface area contributed by atoms with Gasteiger partial charge < -0.3 is 10.2 Å². The summed E-state index contributed by atoms with van der Waals surface area (Å²) >= 11 is 0. The molecule has 0 saturated heterocycles. The number of anilines is 1. The van der Waals surface area contributed by atoms with Gasteiger partial charge in [0.25, 0.3) is 0 Å². The van der Waals surface area contributed by atoms with Gasteiger partial charge in [0.1, 0.15) is 5.82 Å². The van der Waals surface area contributed by atoms with Crippen molar-refractivity contribution in [1.29, 1.82) is 0 Å². The first-order valence-electron chi connectivity index (χ1n) is 7.81. The number of hydrogen-bond acceptors (Lipinski definition) is 2. The molecule has 2 aromatic rings. The summed E-state index contributed by atoms with van der Waals surface area (Å²) in [5.74, 6) is -0.709. The number of nitrogens with zero attached hydrogens (tertiary/aromatic N) is 1. The van der Waals surface area contributed by atoms with Crippen molar-refractivity contribution < 1.29 is 14.0 Å². The minimum Gasteiger partial charge on any atom is -0.354 e. The molecule has 0 saturated carbocycles. The van der Waals surface area contributed by atoms with E-state index in [0.29, 0.717) is 25.2 Å². The summed E-state index contributed by atoms with van der Waals surface area (Å²) in [7, 11) is 0. The third-order valence-electron chi connectivity index (χ3n) is 3.60. The second-order valence-corrected chi connectivity index (χ2v) is 5.67. The van der Waals surface area contributed by atoms with Gasteiger partial charge in [0.15, 0.2) is 0 Å². The van der Waals surface area contributed by atoms with Crippen molar-refractivity contribution in [3.05, 3.63) is 65.5 Å². The first-order valence-corrected chi connectivity index (χ1v) is 7.81. The number of benzene rings is 2. The first-order chi connectivity index (χ1) is 11.5. The zero-order valence-corrected chi connectivity index (χ0v) is 13.9. The van der Waals surface area contributed by atoms with Gasteiger partial charge in [-0.25, -0.2) is 4.39 Å². The van der Waals surface area contributed by atoms with Crippen molar-refractivity contribution in [2.45, 2.75) is 20.3 Å².